The highest BCUT2D eigenvalue weighted by molar-refractivity contribution is 5.85. The van der Waals surface area contributed by atoms with E-state index in [4.69, 9.17) is 22.5 Å². The van der Waals surface area contributed by atoms with Crippen molar-refractivity contribution < 1.29 is 4.79 Å². The average molecular weight is 372 g/mol. The van der Waals surface area contributed by atoms with Crippen molar-refractivity contribution in [1.29, 1.82) is 5.26 Å². The topological polar surface area (TPSA) is 156 Å². The number of nitrogens with zero attached hydrogens (tertiary/aromatic N) is 4. The van der Waals surface area contributed by atoms with Gasteiger partial charge in [-0.1, -0.05) is 20.8 Å². The van der Waals surface area contributed by atoms with Gasteiger partial charge in [-0.05, 0) is 18.4 Å². The van der Waals surface area contributed by atoms with E-state index in [2.05, 4.69) is 17.0 Å². The Morgan fingerprint density at radius 2 is 2.11 bits per heavy atom. The van der Waals surface area contributed by atoms with Gasteiger partial charge in [0.15, 0.2) is 5.82 Å². The van der Waals surface area contributed by atoms with Gasteiger partial charge in [-0.3, -0.25) is 9.48 Å². The molecule has 1 saturated heterocycles. The third-order valence-electron chi connectivity index (χ3n) is 4.83. The molecule has 0 radical (unpaired) electrons. The zero-order valence-electron chi connectivity index (χ0n) is 16.1. The van der Waals surface area contributed by atoms with Crippen LogP contribution >= 0.6 is 0 Å². The van der Waals surface area contributed by atoms with E-state index in [0.29, 0.717) is 30.3 Å². The maximum absolute atomic E-state index is 12.1. The minimum atomic E-state index is -0.171. The van der Waals surface area contributed by atoms with Crippen LogP contribution in [0.3, 0.4) is 0 Å². The zero-order valence-corrected chi connectivity index (χ0v) is 16.1. The van der Waals surface area contributed by atoms with Gasteiger partial charge in [0.1, 0.15) is 17.9 Å². The first-order valence-corrected chi connectivity index (χ1v) is 9.15. The molecule has 0 aliphatic carbocycles. The number of hydrogen-bond acceptors (Lipinski definition) is 6. The van der Waals surface area contributed by atoms with Gasteiger partial charge in [-0.2, -0.15) is 10.4 Å². The highest BCUT2D eigenvalue weighted by Gasteiger charge is 2.33. The summed E-state index contributed by atoms with van der Waals surface area (Å²) >= 11 is 0. The third kappa shape index (κ3) is 3.84. The van der Waals surface area contributed by atoms with Crippen molar-refractivity contribution in [2.45, 2.75) is 39.7 Å². The number of likely N-dealkylation sites (tertiary alicyclic amines) is 1. The summed E-state index contributed by atoms with van der Waals surface area (Å²) in [6.45, 7) is 7.20. The Morgan fingerprint density at radius 3 is 2.70 bits per heavy atom. The molecule has 0 saturated carbocycles. The van der Waals surface area contributed by atoms with E-state index in [1.54, 1.807) is 15.8 Å². The zero-order chi connectivity index (χ0) is 20.1. The first-order valence-electron chi connectivity index (χ1n) is 9.15. The SMILES string of the molecule is CC.CC1CCN(C(=O)CC#N)CC1n1nc(N)c(N)c1-c1cc[nH]c1N. The Morgan fingerprint density at radius 1 is 1.41 bits per heavy atom. The summed E-state index contributed by atoms with van der Waals surface area (Å²) < 4.78 is 1.78. The van der Waals surface area contributed by atoms with Crippen molar-refractivity contribution >= 4 is 23.2 Å². The van der Waals surface area contributed by atoms with Gasteiger partial charge in [-0.25, -0.2) is 0 Å². The summed E-state index contributed by atoms with van der Waals surface area (Å²) in [5.74, 6) is 0.816. The number of nitriles is 1. The standard InChI is InChI=1S/C16H22N8O.C2H6/c1-9-4-7-23(12(25)2-5-17)8-11(9)24-14(13(18)16(20)22-24)10-3-6-21-15(10)19;1-2/h3,6,9,11,21H,2,4,7-8,18-19H2,1H3,(H2,20,22);1-2H3. The van der Waals surface area contributed by atoms with Gasteiger partial charge in [0, 0.05) is 24.8 Å². The number of rotatable bonds is 3. The molecule has 0 bridgehead atoms. The second-order valence-electron chi connectivity index (χ2n) is 6.41. The molecule has 1 aliphatic rings. The maximum atomic E-state index is 12.1. The molecule has 1 fully saturated rings. The Bertz CT molecular complexity index is 831. The van der Waals surface area contributed by atoms with Crippen LogP contribution in [0.2, 0.25) is 0 Å². The molecular formula is C18H28N8O. The highest BCUT2D eigenvalue weighted by Crippen LogP contribution is 2.38. The number of nitrogens with one attached hydrogen (secondary N) is 1. The minimum Gasteiger partial charge on any atom is -0.394 e. The number of piperidine rings is 1. The Kier molecular flexibility index (Phi) is 6.34. The molecule has 3 rings (SSSR count). The largest absolute Gasteiger partial charge is 0.394 e. The fraction of sp³-hybridized carbons (Fsp3) is 0.500. The van der Waals surface area contributed by atoms with Crippen molar-refractivity contribution in [3.05, 3.63) is 12.3 Å². The monoisotopic (exact) mass is 372 g/mol. The second kappa shape index (κ2) is 8.49. The molecule has 2 aromatic heterocycles. The minimum absolute atomic E-state index is 0.0970. The number of carbonyl (C=O) groups excluding carboxylic acids is 1. The number of aromatic nitrogens is 3. The fourth-order valence-electron chi connectivity index (χ4n) is 3.34. The molecule has 2 aromatic rings. The van der Waals surface area contributed by atoms with E-state index in [-0.39, 0.29) is 30.1 Å². The van der Waals surface area contributed by atoms with Crippen LogP contribution in [0.25, 0.3) is 11.3 Å². The van der Waals surface area contributed by atoms with E-state index >= 15 is 0 Å². The molecule has 2 unspecified atom stereocenters. The lowest BCUT2D eigenvalue weighted by atomic mass is 9.93. The van der Waals surface area contributed by atoms with Crippen LogP contribution in [-0.2, 0) is 4.79 Å². The molecule has 146 valence electrons. The van der Waals surface area contributed by atoms with E-state index < -0.39 is 0 Å². The van der Waals surface area contributed by atoms with Gasteiger partial charge >= 0.3 is 0 Å². The second-order valence-corrected chi connectivity index (χ2v) is 6.41. The summed E-state index contributed by atoms with van der Waals surface area (Å²) in [5.41, 5.74) is 19.9. The van der Waals surface area contributed by atoms with Crippen LogP contribution in [0.15, 0.2) is 12.3 Å². The van der Waals surface area contributed by atoms with E-state index in [1.807, 2.05) is 26.0 Å². The van der Waals surface area contributed by atoms with Gasteiger partial charge in [0.2, 0.25) is 5.91 Å². The number of aromatic amines is 1. The summed E-state index contributed by atoms with van der Waals surface area (Å²) in [4.78, 5) is 16.7. The number of nitrogen functional groups attached to an aromatic ring is 3. The summed E-state index contributed by atoms with van der Waals surface area (Å²) in [5, 5.41) is 13.2. The van der Waals surface area contributed by atoms with Crippen LogP contribution in [0, 0.1) is 17.2 Å². The lowest BCUT2D eigenvalue weighted by molar-refractivity contribution is -0.132. The summed E-state index contributed by atoms with van der Waals surface area (Å²) in [7, 11) is 0. The van der Waals surface area contributed by atoms with Crippen LogP contribution in [0.1, 0.15) is 39.7 Å². The van der Waals surface area contributed by atoms with Crippen molar-refractivity contribution in [3.63, 3.8) is 0 Å². The normalized spacial score (nSPS) is 19.1. The molecule has 1 aliphatic heterocycles. The lowest BCUT2D eigenvalue weighted by Gasteiger charge is -2.37. The van der Waals surface area contributed by atoms with Crippen molar-refractivity contribution in [2.75, 3.05) is 30.3 Å². The molecule has 9 heteroatoms. The van der Waals surface area contributed by atoms with Gasteiger partial charge in [0.05, 0.1) is 17.8 Å². The fourth-order valence-corrected chi connectivity index (χ4v) is 3.34. The Hall–Kier alpha value is -3.15. The first kappa shape index (κ1) is 20.2. The number of H-pyrrole nitrogens is 1. The molecule has 1 amide bonds. The predicted molar refractivity (Wildman–Crippen MR) is 106 cm³/mol. The summed E-state index contributed by atoms with van der Waals surface area (Å²) in [6.07, 6.45) is 2.41. The number of amides is 1. The number of hydrogen-bond donors (Lipinski definition) is 4. The smallest absolute Gasteiger partial charge is 0.236 e. The molecule has 0 spiro atoms. The summed E-state index contributed by atoms with van der Waals surface area (Å²) in [6, 6.07) is 3.64. The van der Waals surface area contributed by atoms with Gasteiger partial charge < -0.3 is 27.1 Å². The third-order valence-corrected chi connectivity index (χ3v) is 4.83. The molecule has 3 heterocycles. The lowest BCUT2D eigenvalue weighted by Crippen LogP contribution is -2.44. The Balaban J connectivity index is 0.00000126. The molecule has 2 atom stereocenters. The van der Waals surface area contributed by atoms with Crippen LogP contribution in [-0.4, -0.2) is 38.7 Å². The number of anilines is 3. The average Bonchev–Trinajstić information content (AvgIpc) is 3.20. The van der Waals surface area contributed by atoms with Crippen LogP contribution in [0.5, 0.6) is 0 Å². The number of nitrogens with two attached hydrogens (primary N) is 3. The van der Waals surface area contributed by atoms with Gasteiger partial charge in [0.25, 0.3) is 0 Å². The molecule has 27 heavy (non-hydrogen) atoms. The van der Waals surface area contributed by atoms with E-state index in [0.717, 1.165) is 12.0 Å². The molecular weight excluding hydrogens is 344 g/mol. The molecule has 0 aromatic carbocycles. The van der Waals surface area contributed by atoms with Crippen molar-refractivity contribution in [3.8, 4) is 17.3 Å². The van der Waals surface area contributed by atoms with Gasteiger partial charge in [-0.15, -0.1) is 0 Å². The van der Waals surface area contributed by atoms with Crippen LogP contribution in [0.4, 0.5) is 17.3 Å². The quantitative estimate of drug-likeness (QED) is 0.645. The van der Waals surface area contributed by atoms with Crippen molar-refractivity contribution in [1.82, 2.24) is 19.7 Å². The molecule has 9 nitrogen and oxygen atoms in total. The Labute approximate surface area is 159 Å². The van der Waals surface area contributed by atoms with Crippen LogP contribution < -0.4 is 17.2 Å². The first-order chi connectivity index (χ1) is 12.9. The highest BCUT2D eigenvalue weighted by atomic mass is 16.2. The molecule has 7 N–H and O–H groups in total. The maximum Gasteiger partial charge on any atom is 0.236 e. The van der Waals surface area contributed by atoms with E-state index in [1.165, 1.54) is 0 Å². The predicted octanol–water partition coefficient (Wildman–Crippen LogP) is 1.97. The van der Waals surface area contributed by atoms with E-state index in [9.17, 15) is 4.79 Å². The van der Waals surface area contributed by atoms with Crippen molar-refractivity contribution in [2.24, 2.45) is 5.92 Å². The number of carbonyl (C=O) groups is 1.